The molecule has 0 fully saturated rings. The van der Waals surface area contributed by atoms with Crippen LogP contribution < -0.4 is 14.9 Å². The number of furan rings is 1. The molecule has 3 heterocycles. The van der Waals surface area contributed by atoms with Crippen LogP contribution in [0.1, 0.15) is 40.5 Å². The number of nitro groups is 1. The Morgan fingerprint density at radius 3 is 2.63 bits per heavy atom. The van der Waals surface area contributed by atoms with Gasteiger partial charge in [0.1, 0.15) is 11.5 Å². The number of aryl methyl sites for hydroxylation is 2. The van der Waals surface area contributed by atoms with Crippen LogP contribution in [-0.2, 0) is 6.42 Å². The lowest BCUT2D eigenvalue weighted by Gasteiger charge is -2.30. The molecule has 9 heteroatoms. The minimum atomic E-state index is -0.415. The molecule has 0 N–H and O–H groups in total. The number of rotatable bonds is 4. The third kappa shape index (κ3) is 4.42. The van der Waals surface area contributed by atoms with E-state index in [0.29, 0.717) is 20.9 Å². The van der Waals surface area contributed by atoms with Gasteiger partial charge in [0, 0.05) is 33.8 Å². The van der Waals surface area contributed by atoms with Crippen LogP contribution in [0.25, 0.3) is 23.1 Å². The van der Waals surface area contributed by atoms with E-state index in [-0.39, 0.29) is 17.3 Å². The van der Waals surface area contributed by atoms with Gasteiger partial charge in [-0.25, -0.2) is 4.99 Å². The van der Waals surface area contributed by atoms with E-state index < -0.39 is 4.92 Å². The molecule has 7 nitrogen and oxygen atoms in total. The van der Waals surface area contributed by atoms with Crippen molar-refractivity contribution in [1.29, 1.82) is 0 Å². The number of benzene rings is 3. The lowest BCUT2D eigenvalue weighted by Crippen LogP contribution is -2.38. The number of non-ortho nitro benzene ring substituents is 1. The van der Waals surface area contributed by atoms with Crippen molar-refractivity contribution in [3.05, 3.63) is 147 Å². The summed E-state index contributed by atoms with van der Waals surface area (Å²) >= 11 is 4.89. The van der Waals surface area contributed by atoms with Gasteiger partial charge in [-0.3, -0.25) is 19.5 Å². The van der Waals surface area contributed by atoms with Gasteiger partial charge >= 0.3 is 0 Å². The van der Waals surface area contributed by atoms with Crippen LogP contribution in [0.2, 0.25) is 0 Å². The summed E-state index contributed by atoms with van der Waals surface area (Å²) in [5.74, 6) is 1.11. The summed E-state index contributed by atoms with van der Waals surface area (Å²) < 4.78 is 9.42. The summed E-state index contributed by atoms with van der Waals surface area (Å²) in [6.45, 7) is 1.81. The number of halogens is 1. The minimum absolute atomic E-state index is 0.0322. The Bertz CT molecular complexity index is 2090. The zero-order valence-electron chi connectivity index (χ0n) is 21.8. The summed E-state index contributed by atoms with van der Waals surface area (Å²) in [6.07, 6.45) is 3.49. The van der Waals surface area contributed by atoms with Crippen LogP contribution in [0.3, 0.4) is 0 Å². The predicted octanol–water partition coefficient (Wildman–Crippen LogP) is 6.56. The maximum Gasteiger partial charge on any atom is 0.271 e. The monoisotopic (exact) mass is 623 g/mol. The Morgan fingerprint density at radius 2 is 1.85 bits per heavy atom. The van der Waals surface area contributed by atoms with Gasteiger partial charge in [-0.1, -0.05) is 63.7 Å². The zero-order chi connectivity index (χ0) is 28.2. The standard InChI is InChI=1S/C32H22BrN3O4S/c1-18-16-22(36(38)39)11-14-24(18)27-15-12-23(40-27)17-28-31(37)35-30(20-6-9-21(33)10-7-20)26-13-8-19-4-2-3-5-25(19)29(26)34-32(35)41-28/h2-7,9-12,14-17,30H,8,13H2,1H3/b28-17-/t30-/m0/s1. The van der Waals surface area contributed by atoms with Crippen LogP contribution >= 0.6 is 27.3 Å². The normalized spacial score (nSPS) is 16.1. The number of hydrogen-bond acceptors (Lipinski definition) is 6. The fourth-order valence-electron chi connectivity index (χ4n) is 5.71. The van der Waals surface area contributed by atoms with Crippen molar-refractivity contribution in [2.75, 3.05) is 0 Å². The van der Waals surface area contributed by atoms with E-state index in [1.807, 2.05) is 41.8 Å². The lowest BCUT2D eigenvalue weighted by atomic mass is 9.83. The summed E-state index contributed by atoms with van der Waals surface area (Å²) in [4.78, 5) is 30.4. The SMILES string of the molecule is Cc1cc([N+](=O)[O-])ccc1-c1ccc(/C=c2\sc3n(c2=O)[C@@H](c2ccc(Br)cc2)C2=C(N=3)c3ccccc3CC2)o1. The Balaban J connectivity index is 1.36. The summed E-state index contributed by atoms with van der Waals surface area (Å²) in [5, 5.41) is 11.1. The molecule has 0 unspecified atom stereocenters. The van der Waals surface area contributed by atoms with Gasteiger partial charge < -0.3 is 4.42 Å². The van der Waals surface area contributed by atoms with E-state index in [4.69, 9.17) is 9.41 Å². The largest absolute Gasteiger partial charge is 0.457 e. The van der Waals surface area contributed by atoms with Gasteiger partial charge in [0.25, 0.3) is 11.2 Å². The van der Waals surface area contributed by atoms with Crippen molar-refractivity contribution in [2.45, 2.75) is 25.8 Å². The van der Waals surface area contributed by atoms with Crippen LogP contribution in [0.4, 0.5) is 5.69 Å². The van der Waals surface area contributed by atoms with Crippen LogP contribution in [0.5, 0.6) is 0 Å². The topological polar surface area (TPSA) is 90.6 Å². The maximum absolute atomic E-state index is 14.0. The predicted molar refractivity (Wildman–Crippen MR) is 162 cm³/mol. The van der Waals surface area contributed by atoms with E-state index in [0.717, 1.165) is 50.8 Å². The number of thiazole rings is 1. The number of fused-ring (bicyclic) bond motifs is 3. The first-order valence-electron chi connectivity index (χ1n) is 13.1. The van der Waals surface area contributed by atoms with Crippen molar-refractivity contribution in [1.82, 2.24) is 4.57 Å². The van der Waals surface area contributed by atoms with Gasteiger partial charge in [0.05, 0.1) is 21.2 Å². The molecule has 2 aromatic heterocycles. The van der Waals surface area contributed by atoms with Gasteiger partial charge in [-0.05, 0) is 72.4 Å². The summed E-state index contributed by atoms with van der Waals surface area (Å²) in [6, 6.07) is 24.6. The Hall–Kier alpha value is -4.34. The average molecular weight is 625 g/mol. The molecule has 0 radical (unpaired) electrons. The van der Waals surface area contributed by atoms with E-state index in [1.54, 1.807) is 12.1 Å². The number of allylic oxidation sites excluding steroid dienone is 1. The van der Waals surface area contributed by atoms with Crippen LogP contribution in [-0.4, -0.2) is 9.49 Å². The molecule has 1 aliphatic heterocycles. The first-order chi connectivity index (χ1) is 19.9. The third-order valence-electron chi connectivity index (χ3n) is 7.65. The van der Waals surface area contributed by atoms with Crippen molar-refractivity contribution in [2.24, 2.45) is 4.99 Å². The quantitative estimate of drug-likeness (QED) is 0.167. The second-order valence-electron chi connectivity index (χ2n) is 10.1. The Labute approximate surface area is 246 Å². The highest BCUT2D eigenvalue weighted by Gasteiger charge is 2.32. The maximum atomic E-state index is 14.0. The number of nitrogens with zero attached hydrogens (tertiary/aromatic N) is 3. The lowest BCUT2D eigenvalue weighted by molar-refractivity contribution is -0.384. The van der Waals surface area contributed by atoms with E-state index in [1.165, 1.54) is 29.0 Å². The van der Waals surface area contributed by atoms with Crippen molar-refractivity contribution in [3.8, 4) is 11.3 Å². The van der Waals surface area contributed by atoms with Gasteiger partial charge in [0.15, 0.2) is 4.80 Å². The van der Waals surface area contributed by atoms with Crippen molar-refractivity contribution < 1.29 is 9.34 Å². The first-order valence-corrected chi connectivity index (χ1v) is 14.7. The molecular weight excluding hydrogens is 602 g/mol. The second kappa shape index (κ2) is 9.94. The number of aromatic nitrogens is 1. The fraction of sp³-hybridized carbons (Fsp3) is 0.125. The van der Waals surface area contributed by atoms with Gasteiger partial charge in [-0.15, -0.1) is 0 Å². The first kappa shape index (κ1) is 25.6. The molecule has 1 atom stereocenters. The second-order valence-corrected chi connectivity index (χ2v) is 12.0. The molecule has 1 aliphatic carbocycles. The fourth-order valence-corrected chi connectivity index (χ4v) is 6.96. The van der Waals surface area contributed by atoms with E-state index >= 15 is 0 Å². The molecule has 202 valence electrons. The minimum Gasteiger partial charge on any atom is -0.457 e. The van der Waals surface area contributed by atoms with E-state index in [9.17, 15) is 14.9 Å². The molecule has 0 spiro atoms. The molecule has 3 aromatic carbocycles. The molecule has 0 saturated heterocycles. The molecule has 5 aromatic rings. The Kier molecular flexibility index (Phi) is 6.21. The molecule has 41 heavy (non-hydrogen) atoms. The van der Waals surface area contributed by atoms with Crippen molar-refractivity contribution in [3.63, 3.8) is 0 Å². The summed E-state index contributed by atoms with van der Waals surface area (Å²) in [7, 11) is 0. The molecule has 0 amide bonds. The highest BCUT2D eigenvalue weighted by Crippen LogP contribution is 2.41. The molecule has 7 rings (SSSR count). The molecule has 0 bridgehead atoms. The summed E-state index contributed by atoms with van der Waals surface area (Å²) in [5.41, 5.74) is 6.97. The van der Waals surface area contributed by atoms with Gasteiger partial charge in [0.2, 0.25) is 0 Å². The van der Waals surface area contributed by atoms with E-state index in [2.05, 4.69) is 46.3 Å². The molecular formula is C32H22BrN3O4S. The third-order valence-corrected chi connectivity index (χ3v) is 9.16. The zero-order valence-corrected chi connectivity index (χ0v) is 24.2. The highest BCUT2D eigenvalue weighted by molar-refractivity contribution is 9.10. The molecule has 2 aliphatic rings. The molecule has 0 saturated carbocycles. The smallest absolute Gasteiger partial charge is 0.271 e. The van der Waals surface area contributed by atoms with Crippen molar-refractivity contribution >= 4 is 44.7 Å². The highest BCUT2D eigenvalue weighted by atomic mass is 79.9. The van der Waals surface area contributed by atoms with Crippen LogP contribution in [0, 0.1) is 17.0 Å². The van der Waals surface area contributed by atoms with Gasteiger partial charge in [-0.2, -0.15) is 0 Å². The number of hydrogen-bond donors (Lipinski definition) is 0. The number of nitro benzene ring substituents is 1. The van der Waals surface area contributed by atoms with Crippen LogP contribution in [0.15, 0.2) is 103 Å². The Morgan fingerprint density at radius 1 is 1.05 bits per heavy atom. The average Bonchev–Trinajstić information content (AvgIpc) is 3.56.